The van der Waals surface area contributed by atoms with Gasteiger partial charge in [0.25, 0.3) is 5.91 Å². The van der Waals surface area contributed by atoms with Crippen LogP contribution in [0.25, 0.3) is 17.3 Å². The number of hydrazone groups is 1. The van der Waals surface area contributed by atoms with Crippen molar-refractivity contribution in [2.75, 3.05) is 0 Å². The van der Waals surface area contributed by atoms with Crippen molar-refractivity contribution in [1.82, 2.24) is 15.6 Å². The molecule has 0 radical (unpaired) electrons. The molecule has 4 rings (SSSR count). The molecule has 6 nitrogen and oxygen atoms in total. The standard InChI is InChI=1S/C26H22N4O2/c31-26(30-27-16-8-13-20-9-3-1-4-10-20)25-18-24(28-29-25)22-14-7-15-23(17-22)32-19-21-11-5-2-6-12-21/h1-18H,19H2,(H,28,29)(H,30,31)/b13-8+,27-16-. The van der Waals surface area contributed by atoms with E-state index in [0.717, 1.165) is 22.4 Å². The highest BCUT2D eigenvalue weighted by molar-refractivity contribution is 5.94. The normalized spacial score (nSPS) is 11.1. The van der Waals surface area contributed by atoms with E-state index in [1.54, 1.807) is 12.1 Å². The number of rotatable bonds is 8. The number of allylic oxidation sites excluding steroid dienone is 1. The van der Waals surface area contributed by atoms with Gasteiger partial charge in [-0.15, -0.1) is 0 Å². The first kappa shape index (κ1) is 20.8. The van der Waals surface area contributed by atoms with Crippen LogP contribution >= 0.6 is 0 Å². The van der Waals surface area contributed by atoms with Crippen molar-refractivity contribution in [3.63, 3.8) is 0 Å². The SMILES string of the molecule is O=C(N/N=C\C=C\c1ccccc1)c1cc(-c2cccc(OCc3ccccc3)c2)n[nH]1. The van der Waals surface area contributed by atoms with Crippen LogP contribution in [0.3, 0.4) is 0 Å². The van der Waals surface area contributed by atoms with Gasteiger partial charge in [-0.1, -0.05) is 78.9 Å². The predicted octanol–water partition coefficient (Wildman–Crippen LogP) is 5.08. The minimum Gasteiger partial charge on any atom is -0.489 e. The van der Waals surface area contributed by atoms with Crippen molar-refractivity contribution in [2.24, 2.45) is 5.10 Å². The second-order valence-corrected chi connectivity index (χ2v) is 6.96. The summed E-state index contributed by atoms with van der Waals surface area (Å²) in [7, 11) is 0. The van der Waals surface area contributed by atoms with Gasteiger partial charge in [-0.25, -0.2) is 5.43 Å². The Morgan fingerprint density at radius 3 is 2.56 bits per heavy atom. The highest BCUT2D eigenvalue weighted by Gasteiger charge is 2.11. The van der Waals surface area contributed by atoms with Gasteiger partial charge in [0.1, 0.15) is 18.1 Å². The maximum absolute atomic E-state index is 12.3. The molecule has 0 aliphatic heterocycles. The van der Waals surface area contributed by atoms with Gasteiger partial charge in [0.2, 0.25) is 0 Å². The summed E-state index contributed by atoms with van der Waals surface area (Å²) in [6.07, 6.45) is 5.18. The fourth-order valence-electron chi connectivity index (χ4n) is 2.99. The summed E-state index contributed by atoms with van der Waals surface area (Å²) in [6, 6.07) is 29.1. The number of H-pyrrole nitrogens is 1. The molecule has 0 spiro atoms. The Balaban J connectivity index is 1.34. The maximum atomic E-state index is 12.3. The van der Waals surface area contributed by atoms with E-state index in [1.807, 2.05) is 91.0 Å². The number of hydrogen-bond donors (Lipinski definition) is 2. The highest BCUT2D eigenvalue weighted by Crippen LogP contribution is 2.23. The molecule has 1 aromatic heterocycles. The molecule has 32 heavy (non-hydrogen) atoms. The number of aromatic nitrogens is 2. The zero-order valence-electron chi connectivity index (χ0n) is 17.3. The molecule has 1 amide bonds. The number of nitrogens with zero attached hydrogens (tertiary/aromatic N) is 2. The lowest BCUT2D eigenvalue weighted by atomic mass is 10.1. The molecule has 1 heterocycles. The molecule has 0 saturated carbocycles. The first-order valence-electron chi connectivity index (χ1n) is 10.2. The Morgan fingerprint density at radius 2 is 1.75 bits per heavy atom. The molecular formula is C26H22N4O2. The van der Waals surface area contributed by atoms with Crippen LogP contribution in [0.5, 0.6) is 5.75 Å². The fraction of sp³-hybridized carbons (Fsp3) is 0.0385. The number of benzene rings is 3. The fourth-order valence-corrected chi connectivity index (χ4v) is 2.99. The van der Waals surface area contributed by atoms with Crippen molar-refractivity contribution in [2.45, 2.75) is 6.61 Å². The lowest BCUT2D eigenvalue weighted by molar-refractivity contribution is 0.0950. The van der Waals surface area contributed by atoms with Gasteiger partial charge in [-0.2, -0.15) is 10.2 Å². The first-order chi connectivity index (χ1) is 15.8. The topological polar surface area (TPSA) is 79.4 Å². The Bertz CT molecular complexity index is 1210. The number of nitrogens with one attached hydrogen (secondary N) is 2. The summed E-state index contributed by atoms with van der Waals surface area (Å²) in [5.41, 5.74) is 6.44. The van der Waals surface area contributed by atoms with Crippen molar-refractivity contribution in [3.8, 4) is 17.0 Å². The number of hydrogen-bond acceptors (Lipinski definition) is 4. The van der Waals surface area contributed by atoms with Crippen molar-refractivity contribution < 1.29 is 9.53 Å². The third-order valence-corrected chi connectivity index (χ3v) is 4.62. The third kappa shape index (κ3) is 5.79. The molecular weight excluding hydrogens is 400 g/mol. The Morgan fingerprint density at radius 1 is 0.969 bits per heavy atom. The number of carbonyl (C=O) groups is 1. The minimum absolute atomic E-state index is 0.319. The second-order valence-electron chi connectivity index (χ2n) is 6.96. The van der Waals surface area contributed by atoms with Crippen LogP contribution in [0.1, 0.15) is 21.6 Å². The monoisotopic (exact) mass is 422 g/mol. The van der Waals surface area contributed by atoms with Gasteiger partial charge in [0.15, 0.2) is 0 Å². The average molecular weight is 422 g/mol. The van der Waals surface area contributed by atoms with E-state index in [2.05, 4.69) is 20.7 Å². The summed E-state index contributed by atoms with van der Waals surface area (Å²) in [5.74, 6) is 0.361. The smallest absolute Gasteiger partial charge is 0.289 e. The molecule has 0 unspecified atom stereocenters. The molecule has 6 heteroatoms. The largest absolute Gasteiger partial charge is 0.489 e. The van der Waals surface area contributed by atoms with Crippen LogP contribution in [-0.4, -0.2) is 22.3 Å². The van der Waals surface area contributed by atoms with Gasteiger partial charge < -0.3 is 4.74 Å². The van der Waals surface area contributed by atoms with Crippen LogP contribution in [0, 0.1) is 0 Å². The molecule has 3 aromatic carbocycles. The van der Waals surface area contributed by atoms with E-state index in [4.69, 9.17) is 4.74 Å². The molecule has 0 aliphatic carbocycles. The zero-order chi connectivity index (χ0) is 22.0. The Labute approximate surface area is 186 Å². The van der Waals surface area contributed by atoms with E-state index in [0.29, 0.717) is 18.0 Å². The average Bonchev–Trinajstić information content (AvgIpc) is 3.35. The van der Waals surface area contributed by atoms with Crippen molar-refractivity contribution in [3.05, 3.63) is 114 Å². The van der Waals surface area contributed by atoms with Gasteiger partial charge in [0.05, 0.1) is 5.69 Å². The number of amides is 1. The summed E-state index contributed by atoms with van der Waals surface area (Å²) in [6.45, 7) is 0.481. The molecule has 2 N–H and O–H groups in total. The number of carbonyl (C=O) groups excluding carboxylic acids is 1. The van der Waals surface area contributed by atoms with Crippen LogP contribution in [-0.2, 0) is 6.61 Å². The van der Waals surface area contributed by atoms with E-state index in [1.165, 1.54) is 6.21 Å². The lowest BCUT2D eigenvalue weighted by Crippen LogP contribution is -2.17. The van der Waals surface area contributed by atoms with Crippen molar-refractivity contribution >= 4 is 18.2 Å². The Hall–Kier alpha value is -4.45. The molecule has 0 aliphatic rings. The summed E-state index contributed by atoms with van der Waals surface area (Å²) >= 11 is 0. The molecule has 0 atom stereocenters. The highest BCUT2D eigenvalue weighted by atomic mass is 16.5. The number of aromatic amines is 1. The summed E-state index contributed by atoms with van der Waals surface area (Å²) < 4.78 is 5.87. The number of ether oxygens (including phenoxy) is 1. The van der Waals surface area contributed by atoms with Crippen LogP contribution in [0.4, 0.5) is 0 Å². The molecule has 4 aromatic rings. The molecule has 0 fully saturated rings. The van der Waals surface area contributed by atoms with Gasteiger partial charge in [-0.05, 0) is 35.4 Å². The molecule has 0 bridgehead atoms. The van der Waals surface area contributed by atoms with Crippen molar-refractivity contribution in [1.29, 1.82) is 0 Å². The zero-order valence-corrected chi connectivity index (χ0v) is 17.3. The summed E-state index contributed by atoms with van der Waals surface area (Å²) in [4.78, 5) is 12.3. The van der Waals surface area contributed by atoms with Crippen LogP contribution in [0.2, 0.25) is 0 Å². The van der Waals surface area contributed by atoms with Gasteiger partial charge in [-0.3, -0.25) is 9.89 Å². The van der Waals surface area contributed by atoms with E-state index in [9.17, 15) is 4.79 Å². The predicted molar refractivity (Wildman–Crippen MR) is 126 cm³/mol. The molecule has 158 valence electrons. The minimum atomic E-state index is -0.371. The van der Waals surface area contributed by atoms with Crippen LogP contribution in [0.15, 0.2) is 102 Å². The summed E-state index contributed by atoms with van der Waals surface area (Å²) in [5, 5.41) is 10.9. The quantitative estimate of drug-likeness (QED) is 0.307. The lowest BCUT2D eigenvalue weighted by Gasteiger charge is -2.07. The van der Waals surface area contributed by atoms with E-state index in [-0.39, 0.29) is 5.91 Å². The molecule has 0 saturated heterocycles. The van der Waals surface area contributed by atoms with Gasteiger partial charge in [0, 0.05) is 11.8 Å². The maximum Gasteiger partial charge on any atom is 0.289 e. The van der Waals surface area contributed by atoms with Gasteiger partial charge >= 0.3 is 0 Å². The van der Waals surface area contributed by atoms with E-state index >= 15 is 0 Å². The van der Waals surface area contributed by atoms with Crippen LogP contribution < -0.4 is 10.2 Å². The third-order valence-electron chi connectivity index (χ3n) is 4.62. The second kappa shape index (κ2) is 10.5. The Kier molecular flexibility index (Phi) is 6.85. The first-order valence-corrected chi connectivity index (χ1v) is 10.2. The van der Waals surface area contributed by atoms with E-state index < -0.39 is 0 Å².